The molecule has 0 aromatic carbocycles. The van der Waals surface area contributed by atoms with Gasteiger partial charge in [-0.3, -0.25) is 37.3 Å². The van der Waals surface area contributed by atoms with Crippen LogP contribution in [0, 0.1) is 11.8 Å². The Morgan fingerprint density at radius 3 is 0.661 bits per heavy atom. The minimum Gasteiger partial charge on any atom is -0.462 e. The molecular formula is C96H188O17P2. The number of hydrogen-bond donors (Lipinski definition) is 3. The van der Waals surface area contributed by atoms with E-state index in [1.54, 1.807) is 0 Å². The molecule has 3 unspecified atom stereocenters. The Hall–Kier alpha value is -1.94. The van der Waals surface area contributed by atoms with Crippen LogP contribution in [0.2, 0.25) is 0 Å². The number of hydrogen-bond acceptors (Lipinski definition) is 15. The van der Waals surface area contributed by atoms with E-state index in [9.17, 15) is 43.2 Å². The minimum atomic E-state index is -4.97. The number of aliphatic hydroxyl groups excluding tert-OH is 1. The third-order valence-corrected chi connectivity index (χ3v) is 25.0. The minimum absolute atomic E-state index is 0.108. The lowest BCUT2D eigenvalue weighted by Crippen LogP contribution is -2.30. The summed E-state index contributed by atoms with van der Waals surface area (Å²) >= 11 is 0. The molecule has 0 saturated carbocycles. The van der Waals surface area contributed by atoms with Gasteiger partial charge in [0.1, 0.15) is 19.3 Å². The predicted octanol–water partition coefficient (Wildman–Crippen LogP) is 30.1. The molecule has 3 N–H and O–H groups in total. The van der Waals surface area contributed by atoms with Crippen LogP contribution >= 0.6 is 15.6 Å². The van der Waals surface area contributed by atoms with Crippen LogP contribution in [0.4, 0.5) is 0 Å². The summed E-state index contributed by atoms with van der Waals surface area (Å²) in [5.41, 5.74) is 0. The van der Waals surface area contributed by atoms with Gasteiger partial charge in [0.05, 0.1) is 26.4 Å². The molecule has 0 rings (SSSR count). The molecule has 0 fully saturated rings. The zero-order chi connectivity index (χ0) is 84.1. The zero-order valence-corrected chi connectivity index (χ0v) is 77.9. The first-order valence-corrected chi connectivity index (χ1v) is 52.5. The van der Waals surface area contributed by atoms with Crippen molar-refractivity contribution in [3.63, 3.8) is 0 Å². The van der Waals surface area contributed by atoms with Gasteiger partial charge in [0, 0.05) is 25.7 Å². The van der Waals surface area contributed by atoms with Crippen LogP contribution < -0.4 is 0 Å². The molecule has 0 spiro atoms. The van der Waals surface area contributed by atoms with Crippen molar-refractivity contribution in [2.24, 2.45) is 11.8 Å². The molecule has 0 aliphatic rings. The van der Waals surface area contributed by atoms with Crippen LogP contribution in [0.5, 0.6) is 0 Å². The van der Waals surface area contributed by atoms with Crippen molar-refractivity contribution in [1.82, 2.24) is 0 Å². The average Bonchev–Trinajstić information content (AvgIpc) is 0.896. The van der Waals surface area contributed by atoms with E-state index in [1.807, 2.05) is 0 Å². The Labute approximate surface area is 708 Å². The maximum absolute atomic E-state index is 13.2. The molecular weight excluding hydrogens is 1490 g/mol. The first kappa shape index (κ1) is 113. The van der Waals surface area contributed by atoms with E-state index >= 15 is 0 Å². The fourth-order valence-electron chi connectivity index (χ4n) is 15.2. The van der Waals surface area contributed by atoms with E-state index in [0.717, 1.165) is 108 Å². The number of aliphatic hydroxyl groups is 1. The van der Waals surface area contributed by atoms with E-state index in [1.165, 1.54) is 334 Å². The van der Waals surface area contributed by atoms with Gasteiger partial charge in [-0.25, -0.2) is 9.13 Å². The van der Waals surface area contributed by atoms with Gasteiger partial charge in [-0.1, -0.05) is 472 Å². The third-order valence-electron chi connectivity index (χ3n) is 23.1. The lowest BCUT2D eigenvalue weighted by molar-refractivity contribution is -0.161. The molecule has 0 aliphatic heterocycles. The molecule has 0 aromatic rings. The molecule has 0 heterocycles. The van der Waals surface area contributed by atoms with Gasteiger partial charge in [-0.2, -0.15) is 0 Å². The highest BCUT2D eigenvalue weighted by Crippen LogP contribution is 2.45. The fourth-order valence-corrected chi connectivity index (χ4v) is 16.7. The number of carbonyl (C=O) groups excluding carboxylic acids is 4. The van der Waals surface area contributed by atoms with Crippen molar-refractivity contribution in [1.29, 1.82) is 0 Å². The van der Waals surface area contributed by atoms with Crippen LogP contribution in [0.3, 0.4) is 0 Å². The maximum atomic E-state index is 13.2. The van der Waals surface area contributed by atoms with Gasteiger partial charge in [0.25, 0.3) is 0 Å². The van der Waals surface area contributed by atoms with Gasteiger partial charge < -0.3 is 33.8 Å². The number of rotatable bonds is 95. The van der Waals surface area contributed by atoms with Gasteiger partial charge in [-0.15, -0.1) is 0 Å². The van der Waals surface area contributed by atoms with Crippen molar-refractivity contribution in [3.05, 3.63) is 0 Å². The Morgan fingerprint density at radius 2 is 0.443 bits per heavy atom. The average molecular weight is 1680 g/mol. The van der Waals surface area contributed by atoms with Crippen LogP contribution in [0.1, 0.15) is 523 Å². The van der Waals surface area contributed by atoms with E-state index < -0.39 is 97.5 Å². The largest absolute Gasteiger partial charge is 0.472 e. The summed E-state index contributed by atoms with van der Waals surface area (Å²) in [4.78, 5) is 73.5. The van der Waals surface area contributed by atoms with E-state index in [0.29, 0.717) is 25.7 Å². The van der Waals surface area contributed by atoms with Crippen LogP contribution in [-0.4, -0.2) is 96.7 Å². The zero-order valence-electron chi connectivity index (χ0n) is 76.1. The van der Waals surface area contributed by atoms with E-state index in [4.69, 9.17) is 37.0 Å². The summed E-state index contributed by atoms with van der Waals surface area (Å²) in [5.74, 6) is -0.543. The van der Waals surface area contributed by atoms with Gasteiger partial charge in [0.15, 0.2) is 12.2 Å². The van der Waals surface area contributed by atoms with Crippen LogP contribution in [0.25, 0.3) is 0 Å². The first-order chi connectivity index (χ1) is 55.9. The normalized spacial score (nSPS) is 13.9. The quantitative estimate of drug-likeness (QED) is 0.0222. The summed E-state index contributed by atoms with van der Waals surface area (Å²) in [7, 11) is -9.94. The van der Waals surface area contributed by atoms with E-state index in [-0.39, 0.29) is 25.7 Å². The van der Waals surface area contributed by atoms with E-state index in [2.05, 4.69) is 41.5 Å². The molecule has 0 aromatic heterocycles. The third kappa shape index (κ3) is 88.2. The number of unbranched alkanes of at least 4 members (excludes halogenated alkanes) is 64. The first-order valence-electron chi connectivity index (χ1n) is 49.5. The lowest BCUT2D eigenvalue weighted by Gasteiger charge is -2.21. The second-order valence-corrected chi connectivity index (χ2v) is 38.1. The van der Waals surface area contributed by atoms with Gasteiger partial charge in [0.2, 0.25) is 0 Å². The predicted molar refractivity (Wildman–Crippen MR) is 478 cm³/mol. The number of ether oxygens (including phenoxy) is 4. The Kier molecular flexibility index (Phi) is 85.5. The van der Waals surface area contributed by atoms with Crippen molar-refractivity contribution >= 4 is 39.5 Å². The number of carbonyl (C=O) groups is 4. The lowest BCUT2D eigenvalue weighted by atomic mass is 10.00. The molecule has 684 valence electrons. The second kappa shape index (κ2) is 87.0. The summed E-state index contributed by atoms with van der Waals surface area (Å²) < 4.78 is 69.2. The highest BCUT2D eigenvalue weighted by molar-refractivity contribution is 7.47. The molecule has 17 nitrogen and oxygen atoms in total. The number of phosphoric acid groups is 2. The highest BCUT2D eigenvalue weighted by atomic mass is 31.2. The molecule has 0 radical (unpaired) electrons. The SMILES string of the molecule is CCCCCCCCCCCCCCCCCCCCCCCCC(=O)OC[C@H](COP(=O)(O)OC[C@@H](O)COP(=O)(O)OC[C@@H](COC(=O)CCCCCCCCC(C)CC)OC(=O)CCCCCCCCCCCCCCCCCCCCC(C)C)OC(=O)CCCCCCCCCCCCCCCCCCCCCCCC. The second-order valence-electron chi connectivity index (χ2n) is 35.2. The summed E-state index contributed by atoms with van der Waals surface area (Å²) in [6.45, 7) is 9.72. The fraction of sp³-hybridized carbons (Fsp3) is 0.958. The number of phosphoric ester groups is 2. The molecule has 19 heteroatoms. The monoisotopic (exact) mass is 1680 g/mol. The standard InChI is InChI=1S/C96H188O17P2/c1-7-10-12-14-16-18-20-22-24-26-28-30-32-34-39-43-47-51-55-59-66-72-78-93(98)106-84-91(112-95(100)80-74-68-60-56-52-48-44-40-35-33-31-29-27-25-23-21-19-17-15-13-11-8-2)86-110-114(102,103)108-82-90(97)83-109-115(104,105)111-87-92(85-107-94(99)79-73-67-63-62-65-71-77-89(6)9-3)113-96(101)81-75-69-61-57-53-49-45-41-37-36-38-42-46-50-54-58-64-70-76-88(4)5/h88-92,97H,7-87H2,1-6H3,(H,102,103)(H,104,105)/t89?,90-,91-,92-/m1/s1. The van der Waals surface area contributed by atoms with Gasteiger partial charge in [-0.05, 0) is 37.5 Å². The number of esters is 4. The van der Waals surface area contributed by atoms with Crippen molar-refractivity contribution in [3.8, 4) is 0 Å². The molecule has 0 saturated heterocycles. The molecule has 6 atom stereocenters. The van der Waals surface area contributed by atoms with Crippen molar-refractivity contribution in [2.75, 3.05) is 39.6 Å². The van der Waals surface area contributed by atoms with Gasteiger partial charge >= 0.3 is 39.5 Å². The van der Waals surface area contributed by atoms with Crippen molar-refractivity contribution in [2.45, 2.75) is 541 Å². The van der Waals surface area contributed by atoms with Crippen LogP contribution in [-0.2, 0) is 65.4 Å². The summed E-state index contributed by atoms with van der Waals surface area (Å²) in [5, 5.41) is 10.7. The molecule has 115 heavy (non-hydrogen) atoms. The Bertz CT molecular complexity index is 2190. The maximum Gasteiger partial charge on any atom is 0.472 e. The van der Waals surface area contributed by atoms with Crippen LogP contribution in [0.15, 0.2) is 0 Å². The van der Waals surface area contributed by atoms with Crippen molar-refractivity contribution < 1.29 is 80.2 Å². The Balaban J connectivity index is 5.20. The summed E-state index contributed by atoms with van der Waals surface area (Å²) in [6.07, 6.45) is 83.8. The molecule has 0 aliphatic carbocycles. The summed E-state index contributed by atoms with van der Waals surface area (Å²) in [6, 6.07) is 0. The smallest absolute Gasteiger partial charge is 0.462 e. The highest BCUT2D eigenvalue weighted by Gasteiger charge is 2.31. The molecule has 0 bridgehead atoms. The molecule has 0 amide bonds. The topological polar surface area (TPSA) is 237 Å². The Morgan fingerprint density at radius 1 is 0.252 bits per heavy atom.